The third-order valence-electron chi connectivity index (χ3n) is 2.87. The normalized spacial score (nSPS) is 20.8. The van der Waals surface area contributed by atoms with Gasteiger partial charge in [-0.15, -0.1) is 0 Å². The number of hydrogen-bond donors (Lipinski definition) is 1. The van der Waals surface area contributed by atoms with Gasteiger partial charge in [-0.1, -0.05) is 19.4 Å². The van der Waals surface area contributed by atoms with E-state index in [4.69, 9.17) is 0 Å². The molecule has 0 fully saturated rings. The lowest BCUT2D eigenvalue weighted by atomic mass is 10.1. The lowest BCUT2D eigenvalue weighted by molar-refractivity contribution is -0.252. The van der Waals surface area contributed by atoms with E-state index in [0.717, 1.165) is 24.6 Å². The minimum Gasteiger partial charge on any atom is -0.530 e. The first kappa shape index (κ1) is 12.5. The Labute approximate surface area is 105 Å². The van der Waals surface area contributed by atoms with Crippen LogP contribution < -0.4 is 21.1 Å². The molecule has 5 nitrogen and oxygen atoms in total. The smallest absolute Gasteiger partial charge is 0.224 e. The lowest BCUT2D eigenvalue weighted by Crippen LogP contribution is -2.48. The van der Waals surface area contributed by atoms with E-state index >= 15 is 0 Å². The highest BCUT2D eigenvalue weighted by Crippen LogP contribution is 2.09. The Hall–Kier alpha value is -1.91. The molecule has 2 rings (SSSR count). The van der Waals surface area contributed by atoms with E-state index in [1.54, 1.807) is 6.92 Å². The van der Waals surface area contributed by atoms with Crippen molar-refractivity contribution >= 4 is 6.09 Å². The van der Waals surface area contributed by atoms with Crippen molar-refractivity contribution in [1.82, 2.24) is 5.32 Å². The van der Waals surface area contributed by atoms with Crippen LogP contribution in [0.1, 0.15) is 32.3 Å². The first-order valence-electron chi connectivity index (χ1n) is 6.10. The van der Waals surface area contributed by atoms with Crippen LogP contribution in [0.15, 0.2) is 28.2 Å². The molecule has 1 heterocycles. The summed E-state index contributed by atoms with van der Waals surface area (Å²) < 4.78 is 0. The Morgan fingerprint density at radius 1 is 1.39 bits per heavy atom. The Morgan fingerprint density at radius 3 is 2.78 bits per heavy atom. The zero-order valence-corrected chi connectivity index (χ0v) is 10.6. The van der Waals surface area contributed by atoms with Crippen molar-refractivity contribution in [3.63, 3.8) is 0 Å². The summed E-state index contributed by atoms with van der Waals surface area (Å²) >= 11 is 0. The highest BCUT2D eigenvalue weighted by Gasteiger charge is 2.24. The zero-order valence-electron chi connectivity index (χ0n) is 10.6. The van der Waals surface area contributed by atoms with Crippen LogP contribution in [-0.4, -0.2) is 11.9 Å². The molecular formula is C13H16N3O2-. The molecule has 1 aromatic carbocycles. The molecule has 0 saturated heterocycles. The topological polar surface area (TPSA) is 76.9 Å². The monoisotopic (exact) mass is 246 g/mol. The number of unbranched alkanes of at least 4 members (excludes halogenated alkanes) is 1. The molecule has 1 unspecified atom stereocenters. The van der Waals surface area contributed by atoms with Gasteiger partial charge in [0.1, 0.15) is 6.09 Å². The molecule has 0 radical (unpaired) electrons. The fourth-order valence-corrected chi connectivity index (χ4v) is 2.03. The molecule has 96 valence electrons. The third kappa shape index (κ3) is 2.67. The van der Waals surface area contributed by atoms with Gasteiger partial charge in [0.15, 0.2) is 0 Å². The Balaban J connectivity index is 2.30. The molecule has 0 aromatic heterocycles. The second kappa shape index (κ2) is 4.76. The van der Waals surface area contributed by atoms with Gasteiger partial charge < -0.3 is 15.2 Å². The van der Waals surface area contributed by atoms with Gasteiger partial charge >= 0.3 is 0 Å². The first-order chi connectivity index (χ1) is 8.52. The number of amides is 1. The van der Waals surface area contributed by atoms with Gasteiger partial charge in [0.25, 0.3) is 0 Å². The SMILES string of the molecule is CCCCc1ccc2c(c1)=NC(C)(NC(=O)[O-])N=2. The number of carbonyl (C=O) groups excluding carboxylic acids is 1. The van der Waals surface area contributed by atoms with E-state index in [-0.39, 0.29) is 0 Å². The molecule has 1 aliphatic rings. The average Bonchev–Trinajstić information content (AvgIpc) is 2.59. The summed E-state index contributed by atoms with van der Waals surface area (Å²) in [6.07, 6.45) is 1.90. The summed E-state index contributed by atoms with van der Waals surface area (Å²) in [4.78, 5) is 19.1. The highest BCUT2D eigenvalue weighted by molar-refractivity contribution is 5.63. The van der Waals surface area contributed by atoms with E-state index in [9.17, 15) is 9.90 Å². The molecule has 1 N–H and O–H groups in total. The Kier molecular flexibility index (Phi) is 3.32. The van der Waals surface area contributed by atoms with Gasteiger partial charge in [-0.2, -0.15) is 0 Å². The van der Waals surface area contributed by atoms with Gasteiger partial charge in [-0.25, -0.2) is 9.98 Å². The summed E-state index contributed by atoms with van der Waals surface area (Å²) in [6.45, 7) is 3.75. The summed E-state index contributed by atoms with van der Waals surface area (Å²) in [5.41, 5.74) is 1.20. The summed E-state index contributed by atoms with van der Waals surface area (Å²) in [7, 11) is 0. The average molecular weight is 246 g/mol. The molecular weight excluding hydrogens is 230 g/mol. The molecule has 1 aromatic rings. The van der Waals surface area contributed by atoms with E-state index < -0.39 is 11.9 Å². The fraction of sp³-hybridized carbons (Fsp3) is 0.462. The second-order valence-electron chi connectivity index (χ2n) is 4.58. The van der Waals surface area contributed by atoms with Crippen molar-refractivity contribution in [1.29, 1.82) is 0 Å². The van der Waals surface area contributed by atoms with Crippen LogP contribution >= 0.6 is 0 Å². The van der Waals surface area contributed by atoms with Crippen LogP contribution in [0.4, 0.5) is 4.79 Å². The maximum Gasteiger partial charge on any atom is 0.224 e. The maximum absolute atomic E-state index is 10.6. The van der Waals surface area contributed by atoms with Crippen LogP contribution in [0.3, 0.4) is 0 Å². The number of nitrogens with zero attached hydrogens (tertiary/aromatic N) is 2. The maximum atomic E-state index is 10.6. The predicted octanol–water partition coefficient (Wildman–Crippen LogP) is -0.111. The van der Waals surface area contributed by atoms with Crippen molar-refractivity contribution in [2.75, 3.05) is 0 Å². The molecule has 1 aliphatic heterocycles. The van der Waals surface area contributed by atoms with Crippen LogP contribution in [0.2, 0.25) is 0 Å². The van der Waals surface area contributed by atoms with Crippen molar-refractivity contribution in [3.8, 4) is 0 Å². The molecule has 0 saturated carbocycles. The van der Waals surface area contributed by atoms with Crippen molar-refractivity contribution in [2.45, 2.75) is 38.9 Å². The van der Waals surface area contributed by atoms with Crippen LogP contribution in [0.5, 0.6) is 0 Å². The highest BCUT2D eigenvalue weighted by atomic mass is 16.4. The number of hydrogen-bond acceptors (Lipinski definition) is 4. The van der Waals surface area contributed by atoms with E-state index in [0.29, 0.717) is 5.36 Å². The number of benzene rings is 1. The van der Waals surface area contributed by atoms with Crippen LogP contribution in [-0.2, 0) is 6.42 Å². The Morgan fingerprint density at radius 2 is 2.11 bits per heavy atom. The van der Waals surface area contributed by atoms with E-state index in [1.807, 2.05) is 18.2 Å². The second-order valence-corrected chi connectivity index (χ2v) is 4.58. The number of fused-ring (bicyclic) bond motifs is 1. The molecule has 18 heavy (non-hydrogen) atoms. The third-order valence-corrected chi connectivity index (χ3v) is 2.87. The van der Waals surface area contributed by atoms with Crippen molar-refractivity contribution in [2.24, 2.45) is 9.98 Å². The number of carbonyl (C=O) groups is 1. The summed E-state index contributed by atoms with van der Waals surface area (Å²) in [5, 5.41) is 14.2. The van der Waals surface area contributed by atoms with Gasteiger partial charge in [0.05, 0.1) is 10.7 Å². The molecule has 1 amide bonds. The van der Waals surface area contributed by atoms with Crippen LogP contribution in [0.25, 0.3) is 0 Å². The van der Waals surface area contributed by atoms with Gasteiger partial charge in [0, 0.05) is 6.92 Å². The minimum atomic E-state index is -1.37. The Bertz CT molecular complexity index is 582. The predicted molar refractivity (Wildman–Crippen MR) is 64.3 cm³/mol. The number of carboxylic acid groups (broad SMARTS) is 1. The first-order valence-corrected chi connectivity index (χ1v) is 6.10. The van der Waals surface area contributed by atoms with E-state index in [2.05, 4.69) is 22.2 Å². The number of aryl methyl sites for hydroxylation is 1. The molecule has 5 heteroatoms. The van der Waals surface area contributed by atoms with Crippen LogP contribution in [0, 0.1) is 0 Å². The summed E-state index contributed by atoms with van der Waals surface area (Å²) in [5.74, 6) is -1.15. The zero-order chi connectivity index (χ0) is 13.2. The van der Waals surface area contributed by atoms with E-state index in [1.165, 1.54) is 5.56 Å². The van der Waals surface area contributed by atoms with Crippen molar-refractivity contribution in [3.05, 3.63) is 34.5 Å². The largest absolute Gasteiger partial charge is 0.530 e. The fourth-order valence-electron chi connectivity index (χ4n) is 2.03. The lowest BCUT2D eigenvalue weighted by Gasteiger charge is -2.20. The van der Waals surface area contributed by atoms with Gasteiger partial charge in [-0.05, 0) is 30.5 Å². The summed E-state index contributed by atoms with van der Waals surface area (Å²) in [6, 6.07) is 5.86. The number of nitrogens with one attached hydrogen (secondary N) is 1. The molecule has 0 bridgehead atoms. The standard InChI is InChI=1S/C13H17N3O2/c1-3-4-5-9-6-7-10-11(8-9)15-13(2,14-10)16-12(17)18/h6-8,16H,3-5H2,1-2H3,(H,17,18)/p-1. The molecule has 0 spiro atoms. The van der Waals surface area contributed by atoms with Crippen molar-refractivity contribution < 1.29 is 9.90 Å². The number of rotatable bonds is 4. The van der Waals surface area contributed by atoms with Gasteiger partial charge in [-0.3, -0.25) is 0 Å². The van der Waals surface area contributed by atoms with Gasteiger partial charge in [0.2, 0.25) is 5.79 Å². The molecule has 1 atom stereocenters. The minimum absolute atomic E-state index is 0.714. The molecule has 0 aliphatic carbocycles. The quantitative estimate of drug-likeness (QED) is 0.804.